The van der Waals surface area contributed by atoms with Gasteiger partial charge in [-0.1, -0.05) is 44.2 Å². The van der Waals surface area contributed by atoms with E-state index in [1.165, 1.54) is 6.08 Å². The summed E-state index contributed by atoms with van der Waals surface area (Å²) in [4.78, 5) is 25.4. The van der Waals surface area contributed by atoms with E-state index in [2.05, 4.69) is 17.6 Å². The maximum absolute atomic E-state index is 12.8. The highest BCUT2D eigenvalue weighted by Gasteiger charge is 2.40. The second-order valence-electron chi connectivity index (χ2n) is 7.32. The third-order valence-electron chi connectivity index (χ3n) is 5.12. The molecule has 0 spiro atoms. The number of aryl methyl sites for hydroxylation is 1. The highest BCUT2D eigenvalue weighted by molar-refractivity contribution is 5.97. The lowest BCUT2D eigenvalue weighted by Crippen LogP contribution is -2.59. The predicted molar refractivity (Wildman–Crippen MR) is 109 cm³/mol. The number of rotatable bonds is 8. The van der Waals surface area contributed by atoms with E-state index in [0.29, 0.717) is 25.1 Å². The van der Waals surface area contributed by atoms with Gasteiger partial charge in [-0.25, -0.2) is 0 Å². The lowest BCUT2D eigenvalue weighted by molar-refractivity contribution is -0.133. The van der Waals surface area contributed by atoms with Gasteiger partial charge in [-0.15, -0.1) is 0 Å². The maximum atomic E-state index is 12.8. The molecule has 0 unspecified atom stereocenters. The predicted octanol–water partition coefficient (Wildman–Crippen LogP) is 3.75. The molecule has 0 radical (unpaired) electrons. The molecule has 2 rings (SSSR count). The summed E-state index contributed by atoms with van der Waals surface area (Å²) >= 11 is 0. The minimum Gasteiger partial charge on any atom is -0.496 e. The molecule has 2 N–H and O–H groups in total. The molecule has 1 aliphatic carbocycles. The van der Waals surface area contributed by atoms with E-state index in [0.717, 1.165) is 43.2 Å². The summed E-state index contributed by atoms with van der Waals surface area (Å²) in [5, 5.41) is 6.00. The molecule has 1 aromatic carbocycles. The van der Waals surface area contributed by atoms with Crippen LogP contribution in [0.15, 0.2) is 24.3 Å². The van der Waals surface area contributed by atoms with Crippen LogP contribution in [0.4, 0.5) is 0 Å². The summed E-state index contributed by atoms with van der Waals surface area (Å²) in [6.07, 6.45) is 9.61. The molecule has 0 aromatic heterocycles. The van der Waals surface area contributed by atoms with Crippen molar-refractivity contribution in [1.82, 2.24) is 10.6 Å². The SMILES string of the molecule is CCCCNC(=O)C1(NC(=O)/C=C/c2cc(C)ccc2OC)CCCCC1. The molecule has 1 saturated carbocycles. The number of carbonyl (C=O) groups is 2. The number of carbonyl (C=O) groups excluding carboxylic acids is 2. The van der Waals surface area contributed by atoms with Crippen molar-refractivity contribution in [2.24, 2.45) is 0 Å². The summed E-state index contributed by atoms with van der Waals surface area (Å²) in [5.74, 6) is 0.422. The quantitative estimate of drug-likeness (QED) is 0.539. The van der Waals surface area contributed by atoms with Gasteiger partial charge in [-0.3, -0.25) is 9.59 Å². The zero-order chi connectivity index (χ0) is 19.7. The number of hydrogen-bond acceptors (Lipinski definition) is 3. The molecule has 2 amide bonds. The molecule has 1 fully saturated rings. The van der Waals surface area contributed by atoms with Gasteiger partial charge < -0.3 is 15.4 Å². The monoisotopic (exact) mass is 372 g/mol. The summed E-state index contributed by atoms with van der Waals surface area (Å²) in [7, 11) is 1.61. The van der Waals surface area contributed by atoms with Gasteiger partial charge in [0, 0.05) is 18.2 Å². The second-order valence-corrected chi connectivity index (χ2v) is 7.32. The van der Waals surface area contributed by atoms with Gasteiger partial charge in [0.25, 0.3) is 0 Å². The van der Waals surface area contributed by atoms with E-state index in [1.54, 1.807) is 13.2 Å². The van der Waals surface area contributed by atoms with Gasteiger partial charge in [-0.05, 0) is 44.4 Å². The first-order valence-corrected chi connectivity index (χ1v) is 9.94. The average Bonchev–Trinajstić information content (AvgIpc) is 2.67. The van der Waals surface area contributed by atoms with Crippen LogP contribution in [-0.4, -0.2) is 31.0 Å². The number of ether oxygens (including phenoxy) is 1. The Morgan fingerprint density at radius 1 is 1.22 bits per heavy atom. The molecule has 5 heteroatoms. The zero-order valence-corrected chi connectivity index (χ0v) is 16.8. The van der Waals surface area contributed by atoms with Crippen molar-refractivity contribution in [2.75, 3.05) is 13.7 Å². The number of benzene rings is 1. The first-order valence-electron chi connectivity index (χ1n) is 9.94. The van der Waals surface area contributed by atoms with Crippen molar-refractivity contribution in [1.29, 1.82) is 0 Å². The van der Waals surface area contributed by atoms with Gasteiger partial charge in [-0.2, -0.15) is 0 Å². The van der Waals surface area contributed by atoms with Crippen LogP contribution in [0.3, 0.4) is 0 Å². The standard InChI is InChI=1S/C22H32N2O3/c1-4-5-15-23-21(26)22(13-7-6-8-14-22)24-20(25)12-10-18-16-17(2)9-11-19(18)27-3/h9-12,16H,4-8,13-15H2,1-3H3,(H,23,26)(H,24,25)/b12-10+. The van der Waals surface area contributed by atoms with Crippen LogP contribution in [0, 0.1) is 6.92 Å². The van der Waals surface area contributed by atoms with Crippen molar-refractivity contribution in [3.8, 4) is 5.75 Å². The number of methoxy groups -OCH3 is 1. The topological polar surface area (TPSA) is 67.4 Å². The second kappa shape index (κ2) is 10.1. The van der Waals surface area contributed by atoms with Gasteiger partial charge in [0.05, 0.1) is 7.11 Å². The van der Waals surface area contributed by atoms with Crippen LogP contribution in [-0.2, 0) is 9.59 Å². The van der Waals surface area contributed by atoms with Gasteiger partial charge in [0.1, 0.15) is 11.3 Å². The highest BCUT2D eigenvalue weighted by Crippen LogP contribution is 2.29. The van der Waals surface area contributed by atoms with Crippen molar-refractivity contribution >= 4 is 17.9 Å². The number of nitrogens with one attached hydrogen (secondary N) is 2. The van der Waals surface area contributed by atoms with E-state index in [1.807, 2.05) is 25.1 Å². The summed E-state index contributed by atoms with van der Waals surface area (Å²) < 4.78 is 5.35. The van der Waals surface area contributed by atoms with Crippen molar-refractivity contribution in [2.45, 2.75) is 64.3 Å². The molecule has 1 aromatic rings. The number of hydrogen-bond donors (Lipinski definition) is 2. The van der Waals surface area contributed by atoms with Crippen LogP contribution >= 0.6 is 0 Å². The Bertz CT molecular complexity index is 676. The Hall–Kier alpha value is -2.30. The third-order valence-corrected chi connectivity index (χ3v) is 5.12. The minimum atomic E-state index is -0.788. The van der Waals surface area contributed by atoms with Crippen molar-refractivity contribution < 1.29 is 14.3 Å². The molecule has 0 atom stereocenters. The summed E-state index contributed by atoms with van der Waals surface area (Å²) in [6.45, 7) is 4.74. The van der Waals surface area contributed by atoms with Crippen LogP contribution in [0.2, 0.25) is 0 Å². The Morgan fingerprint density at radius 2 is 1.96 bits per heavy atom. The zero-order valence-electron chi connectivity index (χ0n) is 16.8. The fourth-order valence-electron chi connectivity index (χ4n) is 3.54. The molecule has 0 heterocycles. The van der Waals surface area contributed by atoms with Crippen LogP contribution in [0.5, 0.6) is 5.75 Å². The first kappa shape index (κ1) is 21.0. The molecule has 1 aliphatic rings. The van der Waals surface area contributed by atoms with E-state index in [4.69, 9.17) is 4.74 Å². The number of amides is 2. The molecule has 0 aliphatic heterocycles. The smallest absolute Gasteiger partial charge is 0.245 e. The average molecular weight is 373 g/mol. The molecular formula is C22H32N2O3. The largest absolute Gasteiger partial charge is 0.496 e. The fourth-order valence-corrected chi connectivity index (χ4v) is 3.54. The molecule has 5 nitrogen and oxygen atoms in total. The van der Waals surface area contributed by atoms with Gasteiger partial charge >= 0.3 is 0 Å². The van der Waals surface area contributed by atoms with Gasteiger partial charge in [0.15, 0.2) is 0 Å². The summed E-state index contributed by atoms with van der Waals surface area (Å²) in [5.41, 5.74) is 1.15. The Balaban J connectivity index is 2.09. The van der Waals surface area contributed by atoms with E-state index >= 15 is 0 Å². The molecule has 0 saturated heterocycles. The van der Waals surface area contributed by atoms with Crippen molar-refractivity contribution in [3.63, 3.8) is 0 Å². The van der Waals surface area contributed by atoms with E-state index in [9.17, 15) is 9.59 Å². The third kappa shape index (κ3) is 5.84. The molecule has 0 bridgehead atoms. The van der Waals surface area contributed by atoms with Crippen LogP contribution in [0.25, 0.3) is 6.08 Å². The molecule has 27 heavy (non-hydrogen) atoms. The molecular weight excluding hydrogens is 340 g/mol. The van der Waals surface area contributed by atoms with E-state index in [-0.39, 0.29) is 11.8 Å². The first-order chi connectivity index (χ1) is 13.0. The lowest BCUT2D eigenvalue weighted by Gasteiger charge is -2.36. The number of unbranched alkanes of at least 4 members (excludes halogenated alkanes) is 1. The lowest BCUT2D eigenvalue weighted by atomic mass is 9.80. The highest BCUT2D eigenvalue weighted by atomic mass is 16.5. The van der Waals surface area contributed by atoms with Gasteiger partial charge in [0.2, 0.25) is 11.8 Å². The Labute approximate surface area is 162 Å². The molecule has 148 valence electrons. The maximum Gasteiger partial charge on any atom is 0.245 e. The normalized spacial score (nSPS) is 16.1. The van der Waals surface area contributed by atoms with E-state index < -0.39 is 5.54 Å². The Kier molecular flexibility index (Phi) is 7.89. The van der Waals surface area contributed by atoms with Crippen molar-refractivity contribution in [3.05, 3.63) is 35.4 Å². The van der Waals surface area contributed by atoms with Crippen LogP contribution in [0.1, 0.15) is 63.0 Å². The Morgan fingerprint density at radius 3 is 2.63 bits per heavy atom. The fraction of sp³-hybridized carbons (Fsp3) is 0.545. The summed E-state index contributed by atoms with van der Waals surface area (Å²) in [6, 6.07) is 5.82. The van der Waals surface area contributed by atoms with Crippen LogP contribution < -0.4 is 15.4 Å². The minimum absolute atomic E-state index is 0.0504.